The van der Waals surface area contributed by atoms with Crippen LogP contribution in [0.1, 0.15) is 32.1 Å². The Balaban J connectivity index is 2.16. The predicted octanol–water partition coefficient (Wildman–Crippen LogP) is 2.47. The van der Waals surface area contributed by atoms with E-state index in [1.807, 2.05) is 0 Å². The van der Waals surface area contributed by atoms with Gasteiger partial charge in [0, 0.05) is 11.2 Å². The zero-order chi connectivity index (χ0) is 7.68. The summed E-state index contributed by atoms with van der Waals surface area (Å²) < 4.78 is 0. The molecule has 2 bridgehead atoms. The van der Waals surface area contributed by atoms with E-state index in [4.69, 9.17) is 5.21 Å². The smallest absolute Gasteiger partial charge is 0.116 e. The van der Waals surface area contributed by atoms with E-state index in [2.05, 4.69) is 5.16 Å². The fraction of sp³-hybridized carbons (Fsp3) is 0.875. The van der Waals surface area contributed by atoms with Crippen molar-refractivity contribution < 1.29 is 5.21 Å². The van der Waals surface area contributed by atoms with Crippen LogP contribution in [0.3, 0.4) is 0 Å². The van der Waals surface area contributed by atoms with E-state index in [1.165, 1.54) is 32.1 Å². The van der Waals surface area contributed by atoms with Gasteiger partial charge in [-0.05, 0) is 25.7 Å². The van der Waals surface area contributed by atoms with E-state index in [-0.39, 0.29) is 0 Å². The molecule has 2 aliphatic heterocycles. The minimum atomic E-state index is 0.587. The first kappa shape index (κ1) is 7.47. The van der Waals surface area contributed by atoms with E-state index in [0.717, 1.165) is 10.3 Å². The molecule has 2 heterocycles. The van der Waals surface area contributed by atoms with Crippen molar-refractivity contribution >= 4 is 16.8 Å². The zero-order valence-corrected chi connectivity index (χ0v) is 7.31. The molecule has 0 aromatic rings. The van der Waals surface area contributed by atoms with Gasteiger partial charge in [0.1, 0.15) is 5.04 Å². The molecule has 2 nitrogen and oxygen atoms in total. The molecule has 3 fully saturated rings. The number of oxime groups is 1. The lowest BCUT2D eigenvalue weighted by atomic mass is 10.0. The van der Waals surface area contributed by atoms with Crippen molar-refractivity contribution in [3.05, 3.63) is 0 Å². The Morgan fingerprint density at radius 1 is 1.27 bits per heavy atom. The molecule has 62 valence electrons. The molecule has 0 aromatic heterocycles. The highest BCUT2D eigenvalue weighted by atomic mass is 32.2. The molecule has 0 amide bonds. The Bertz CT molecular complexity index is 177. The second-order valence-electron chi connectivity index (χ2n) is 3.38. The zero-order valence-electron chi connectivity index (χ0n) is 6.49. The Hall–Kier alpha value is -0.180. The van der Waals surface area contributed by atoms with Crippen molar-refractivity contribution in [2.45, 2.75) is 37.4 Å². The van der Waals surface area contributed by atoms with E-state index in [1.54, 1.807) is 11.8 Å². The predicted molar refractivity (Wildman–Crippen MR) is 47.2 cm³/mol. The molecule has 3 aliphatic rings. The van der Waals surface area contributed by atoms with E-state index in [9.17, 15) is 0 Å². The van der Waals surface area contributed by atoms with Crippen LogP contribution in [0, 0.1) is 5.92 Å². The minimum absolute atomic E-state index is 0.587. The summed E-state index contributed by atoms with van der Waals surface area (Å²) in [6.45, 7) is 0. The number of hydrogen-bond donors (Lipinski definition) is 1. The standard InChI is InChI=1S/C8H13NOS/c10-9-8-6-2-1-3-7(11-8)5-4-6/h6-7,10H,1-5H2. The third-order valence-electron chi connectivity index (χ3n) is 2.65. The number of rotatable bonds is 0. The lowest BCUT2D eigenvalue weighted by Crippen LogP contribution is -2.18. The molecular weight excluding hydrogens is 158 g/mol. The maximum absolute atomic E-state index is 8.71. The highest BCUT2D eigenvalue weighted by Crippen LogP contribution is 2.40. The van der Waals surface area contributed by atoms with Gasteiger partial charge in [-0.2, -0.15) is 0 Å². The second kappa shape index (κ2) is 3.05. The molecule has 1 N–H and O–H groups in total. The fourth-order valence-electron chi connectivity index (χ4n) is 2.00. The minimum Gasteiger partial charge on any atom is -0.410 e. The Morgan fingerprint density at radius 3 is 3.00 bits per heavy atom. The number of thioether (sulfide) groups is 1. The first-order chi connectivity index (χ1) is 5.40. The average molecular weight is 171 g/mol. The lowest BCUT2D eigenvalue weighted by molar-refractivity contribution is 0.315. The van der Waals surface area contributed by atoms with Crippen molar-refractivity contribution in [1.82, 2.24) is 0 Å². The van der Waals surface area contributed by atoms with Crippen LogP contribution in [-0.2, 0) is 0 Å². The molecule has 0 aromatic carbocycles. The molecule has 3 rings (SSSR count). The van der Waals surface area contributed by atoms with Gasteiger partial charge in [-0.25, -0.2) is 0 Å². The molecule has 0 radical (unpaired) electrons. The SMILES string of the molecule is ON=C1SC2CCCC1CC2. The Kier molecular flexibility index (Phi) is 2.07. The summed E-state index contributed by atoms with van der Waals surface area (Å²) >= 11 is 1.80. The van der Waals surface area contributed by atoms with Gasteiger partial charge >= 0.3 is 0 Å². The fourth-order valence-corrected chi connectivity index (χ4v) is 3.36. The van der Waals surface area contributed by atoms with Crippen LogP contribution < -0.4 is 0 Å². The first-order valence-corrected chi connectivity index (χ1v) is 5.16. The molecular formula is C8H13NOS. The molecule has 3 heteroatoms. The molecule has 1 saturated carbocycles. The Morgan fingerprint density at radius 2 is 2.18 bits per heavy atom. The third kappa shape index (κ3) is 1.39. The van der Waals surface area contributed by atoms with E-state index in [0.29, 0.717) is 5.92 Å². The molecule has 1 aliphatic carbocycles. The van der Waals surface area contributed by atoms with Crippen LogP contribution in [0.2, 0.25) is 0 Å². The molecule has 0 spiro atoms. The van der Waals surface area contributed by atoms with Gasteiger partial charge in [0.15, 0.2) is 0 Å². The molecule has 2 saturated heterocycles. The van der Waals surface area contributed by atoms with Crippen LogP contribution in [0.4, 0.5) is 0 Å². The lowest BCUT2D eigenvalue weighted by Gasteiger charge is -2.22. The van der Waals surface area contributed by atoms with Crippen molar-refractivity contribution in [2.75, 3.05) is 0 Å². The number of fused-ring (bicyclic) bond motifs is 4. The second-order valence-corrected chi connectivity index (χ2v) is 4.70. The van der Waals surface area contributed by atoms with Crippen LogP contribution in [0.5, 0.6) is 0 Å². The topological polar surface area (TPSA) is 32.6 Å². The summed E-state index contributed by atoms with van der Waals surface area (Å²) in [5.74, 6) is 0.587. The van der Waals surface area contributed by atoms with Crippen molar-refractivity contribution in [2.24, 2.45) is 11.1 Å². The van der Waals surface area contributed by atoms with Crippen molar-refractivity contribution in [1.29, 1.82) is 0 Å². The maximum atomic E-state index is 8.71. The van der Waals surface area contributed by atoms with Crippen LogP contribution >= 0.6 is 11.8 Å². The monoisotopic (exact) mass is 171 g/mol. The third-order valence-corrected chi connectivity index (χ3v) is 4.11. The van der Waals surface area contributed by atoms with Gasteiger partial charge in [-0.15, -0.1) is 11.8 Å². The van der Waals surface area contributed by atoms with Gasteiger partial charge in [-0.1, -0.05) is 11.6 Å². The van der Waals surface area contributed by atoms with E-state index < -0.39 is 0 Å². The molecule has 11 heavy (non-hydrogen) atoms. The van der Waals surface area contributed by atoms with Gasteiger partial charge in [0.2, 0.25) is 0 Å². The highest BCUT2D eigenvalue weighted by molar-refractivity contribution is 8.14. The largest absolute Gasteiger partial charge is 0.410 e. The summed E-state index contributed by atoms with van der Waals surface area (Å²) in [6, 6.07) is 0. The van der Waals surface area contributed by atoms with Crippen molar-refractivity contribution in [3.8, 4) is 0 Å². The van der Waals surface area contributed by atoms with E-state index >= 15 is 0 Å². The Labute approximate surface area is 71.0 Å². The summed E-state index contributed by atoms with van der Waals surface area (Å²) in [6.07, 6.45) is 6.45. The van der Waals surface area contributed by atoms with Crippen LogP contribution in [0.25, 0.3) is 0 Å². The highest BCUT2D eigenvalue weighted by Gasteiger charge is 2.31. The van der Waals surface area contributed by atoms with Crippen LogP contribution in [0.15, 0.2) is 5.16 Å². The first-order valence-electron chi connectivity index (χ1n) is 4.29. The summed E-state index contributed by atoms with van der Waals surface area (Å²) in [5.41, 5.74) is 0. The summed E-state index contributed by atoms with van der Waals surface area (Å²) in [7, 11) is 0. The summed E-state index contributed by atoms with van der Waals surface area (Å²) in [5, 5.41) is 13.8. The summed E-state index contributed by atoms with van der Waals surface area (Å²) in [4.78, 5) is 0. The average Bonchev–Trinajstić information content (AvgIpc) is 2.37. The molecule has 2 atom stereocenters. The van der Waals surface area contributed by atoms with Gasteiger partial charge in [0.05, 0.1) is 0 Å². The maximum Gasteiger partial charge on any atom is 0.116 e. The molecule has 2 unspecified atom stereocenters. The van der Waals surface area contributed by atoms with Gasteiger partial charge in [-0.3, -0.25) is 0 Å². The van der Waals surface area contributed by atoms with Crippen molar-refractivity contribution in [3.63, 3.8) is 0 Å². The number of hydrogen-bond acceptors (Lipinski definition) is 3. The van der Waals surface area contributed by atoms with Gasteiger partial charge in [0.25, 0.3) is 0 Å². The van der Waals surface area contributed by atoms with Gasteiger partial charge < -0.3 is 5.21 Å². The van der Waals surface area contributed by atoms with Crippen LogP contribution in [-0.4, -0.2) is 15.5 Å². The normalized spacial score (nSPS) is 40.9. The quantitative estimate of drug-likeness (QED) is 0.448. The number of nitrogens with zero attached hydrogens (tertiary/aromatic N) is 1.